The van der Waals surface area contributed by atoms with Gasteiger partial charge in [-0.25, -0.2) is 4.98 Å². The quantitative estimate of drug-likeness (QED) is 0.823. The summed E-state index contributed by atoms with van der Waals surface area (Å²) >= 11 is 0. The monoisotopic (exact) mass is 291 g/mol. The molecule has 2 N–H and O–H groups in total. The number of imidazole rings is 1. The lowest BCUT2D eigenvalue weighted by atomic mass is 10.00. The standard InChI is InChI=1S/C16H25N3O2/c1-11(9-16(2,3)21-5)17-10-15-18-13-7-6-12(20-4)8-14(13)19-15/h6-8,11,17H,9-10H2,1-5H3,(H,18,19)/t11-/m0/s1. The number of aromatic amines is 1. The van der Waals surface area contributed by atoms with Crippen molar-refractivity contribution < 1.29 is 9.47 Å². The Kier molecular flexibility index (Phi) is 4.85. The minimum Gasteiger partial charge on any atom is -0.497 e. The van der Waals surface area contributed by atoms with E-state index in [1.807, 2.05) is 18.2 Å². The summed E-state index contributed by atoms with van der Waals surface area (Å²) in [4.78, 5) is 7.89. The van der Waals surface area contributed by atoms with Crippen molar-refractivity contribution in [2.45, 2.75) is 45.4 Å². The van der Waals surface area contributed by atoms with E-state index < -0.39 is 0 Å². The number of fused-ring (bicyclic) bond motifs is 1. The van der Waals surface area contributed by atoms with E-state index in [2.05, 4.69) is 36.1 Å². The molecular weight excluding hydrogens is 266 g/mol. The average molecular weight is 291 g/mol. The van der Waals surface area contributed by atoms with Gasteiger partial charge in [-0.3, -0.25) is 0 Å². The maximum Gasteiger partial charge on any atom is 0.121 e. The minimum atomic E-state index is -0.117. The fourth-order valence-corrected chi connectivity index (χ4v) is 2.42. The third-order valence-electron chi connectivity index (χ3n) is 3.71. The van der Waals surface area contributed by atoms with Crippen molar-refractivity contribution in [1.82, 2.24) is 15.3 Å². The number of benzene rings is 1. The first-order valence-corrected chi connectivity index (χ1v) is 7.24. The number of methoxy groups -OCH3 is 2. The molecule has 116 valence electrons. The summed E-state index contributed by atoms with van der Waals surface area (Å²) in [6.07, 6.45) is 0.942. The number of nitrogens with one attached hydrogen (secondary N) is 2. The molecule has 1 aromatic heterocycles. The largest absolute Gasteiger partial charge is 0.497 e. The summed E-state index contributed by atoms with van der Waals surface area (Å²) in [5, 5.41) is 3.47. The summed E-state index contributed by atoms with van der Waals surface area (Å²) < 4.78 is 10.7. The van der Waals surface area contributed by atoms with Gasteiger partial charge < -0.3 is 19.8 Å². The molecule has 0 amide bonds. The topological polar surface area (TPSA) is 59.2 Å². The summed E-state index contributed by atoms with van der Waals surface area (Å²) in [6, 6.07) is 6.20. The first kappa shape index (κ1) is 15.8. The third kappa shape index (κ3) is 4.19. The molecule has 2 aromatic rings. The van der Waals surface area contributed by atoms with Crippen molar-refractivity contribution >= 4 is 11.0 Å². The van der Waals surface area contributed by atoms with Crippen molar-refractivity contribution in [3.8, 4) is 5.75 Å². The number of rotatable bonds is 7. The van der Waals surface area contributed by atoms with Gasteiger partial charge in [0, 0.05) is 19.2 Å². The zero-order valence-corrected chi connectivity index (χ0v) is 13.5. The second kappa shape index (κ2) is 6.45. The lowest BCUT2D eigenvalue weighted by Gasteiger charge is -2.26. The molecule has 0 aliphatic rings. The van der Waals surface area contributed by atoms with Gasteiger partial charge in [-0.1, -0.05) is 0 Å². The van der Waals surface area contributed by atoms with E-state index >= 15 is 0 Å². The van der Waals surface area contributed by atoms with E-state index in [4.69, 9.17) is 9.47 Å². The summed E-state index contributed by atoms with van der Waals surface area (Å²) in [5.41, 5.74) is 1.83. The van der Waals surface area contributed by atoms with Gasteiger partial charge in [0.15, 0.2) is 0 Å². The van der Waals surface area contributed by atoms with Gasteiger partial charge in [0.05, 0.1) is 30.3 Å². The fourth-order valence-electron chi connectivity index (χ4n) is 2.42. The van der Waals surface area contributed by atoms with Crippen LogP contribution in [0.3, 0.4) is 0 Å². The number of hydrogen-bond acceptors (Lipinski definition) is 4. The fraction of sp³-hybridized carbons (Fsp3) is 0.562. The van der Waals surface area contributed by atoms with Crippen LogP contribution in [0.2, 0.25) is 0 Å². The van der Waals surface area contributed by atoms with Crippen LogP contribution in [-0.2, 0) is 11.3 Å². The third-order valence-corrected chi connectivity index (χ3v) is 3.71. The van der Waals surface area contributed by atoms with Gasteiger partial charge in [-0.2, -0.15) is 0 Å². The van der Waals surface area contributed by atoms with Crippen molar-refractivity contribution in [2.24, 2.45) is 0 Å². The van der Waals surface area contributed by atoms with Crippen molar-refractivity contribution in [1.29, 1.82) is 0 Å². The predicted molar refractivity (Wildman–Crippen MR) is 84.7 cm³/mol. The van der Waals surface area contributed by atoms with Crippen LogP contribution in [-0.4, -0.2) is 35.8 Å². The Morgan fingerprint density at radius 3 is 2.76 bits per heavy atom. The average Bonchev–Trinajstić information content (AvgIpc) is 2.86. The molecule has 1 aromatic carbocycles. The molecule has 0 aliphatic carbocycles. The first-order chi connectivity index (χ1) is 9.93. The van der Waals surface area contributed by atoms with Gasteiger partial charge in [0.2, 0.25) is 0 Å². The number of nitrogens with zero attached hydrogens (tertiary/aromatic N) is 1. The van der Waals surface area contributed by atoms with E-state index in [-0.39, 0.29) is 5.60 Å². The van der Waals surface area contributed by atoms with E-state index in [0.717, 1.165) is 29.0 Å². The van der Waals surface area contributed by atoms with E-state index in [9.17, 15) is 0 Å². The van der Waals surface area contributed by atoms with Gasteiger partial charge in [0.25, 0.3) is 0 Å². The second-order valence-corrected chi connectivity index (χ2v) is 6.02. The van der Waals surface area contributed by atoms with Crippen LogP contribution in [0.25, 0.3) is 11.0 Å². The number of ether oxygens (including phenoxy) is 2. The normalized spacial score (nSPS) is 13.6. The summed E-state index contributed by atoms with van der Waals surface area (Å²) in [7, 11) is 3.42. The van der Waals surface area contributed by atoms with Crippen LogP contribution >= 0.6 is 0 Å². The Morgan fingerprint density at radius 2 is 2.10 bits per heavy atom. The molecule has 1 atom stereocenters. The Labute approximate surface area is 126 Å². The van der Waals surface area contributed by atoms with Crippen LogP contribution in [0.15, 0.2) is 18.2 Å². The maximum atomic E-state index is 5.46. The molecule has 0 aliphatic heterocycles. The molecule has 0 saturated heterocycles. The molecule has 0 saturated carbocycles. The van der Waals surface area contributed by atoms with E-state index in [0.29, 0.717) is 12.6 Å². The highest BCUT2D eigenvalue weighted by Gasteiger charge is 2.20. The van der Waals surface area contributed by atoms with Crippen LogP contribution in [0.5, 0.6) is 5.75 Å². The van der Waals surface area contributed by atoms with Crippen LogP contribution in [0.4, 0.5) is 0 Å². The Bertz CT molecular complexity index is 592. The van der Waals surface area contributed by atoms with Crippen LogP contribution in [0.1, 0.15) is 33.0 Å². The SMILES string of the molecule is COc1ccc2nc(CN[C@@H](C)CC(C)(C)OC)[nH]c2c1. The minimum absolute atomic E-state index is 0.117. The molecule has 0 unspecified atom stereocenters. The number of H-pyrrole nitrogens is 1. The zero-order valence-electron chi connectivity index (χ0n) is 13.5. The molecule has 5 nitrogen and oxygen atoms in total. The second-order valence-electron chi connectivity index (χ2n) is 6.02. The molecule has 0 spiro atoms. The van der Waals surface area contributed by atoms with Crippen molar-refractivity contribution in [3.05, 3.63) is 24.0 Å². The molecule has 0 radical (unpaired) electrons. The lowest BCUT2D eigenvalue weighted by Crippen LogP contribution is -2.35. The Balaban J connectivity index is 1.97. The van der Waals surface area contributed by atoms with Gasteiger partial charge >= 0.3 is 0 Å². The Morgan fingerprint density at radius 1 is 1.33 bits per heavy atom. The van der Waals surface area contributed by atoms with Gasteiger partial charge in [0.1, 0.15) is 11.6 Å². The van der Waals surface area contributed by atoms with E-state index in [1.165, 1.54) is 0 Å². The molecule has 1 heterocycles. The molecule has 0 bridgehead atoms. The molecular formula is C16H25N3O2. The highest BCUT2D eigenvalue weighted by atomic mass is 16.5. The molecule has 0 fully saturated rings. The number of aromatic nitrogens is 2. The highest BCUT2D eigenvalue weighted by molar-refractivity contribution is 5.76. The molecule has 21 heavy (non-hydrogen) atoms. The highest BCUT2D eigenvalue weighted by Crippen LogP contribution is 2.19. The smallest absolute Gasteiger partial charge is 0.121 e. The number of hydrogen-bond donors (Lipinski definition) is 2. The van der Waals surface area contributed by atoms with Crippen molar-refractivity contribution in [2.75, 3.05) is 14.2 Å². The lowest BCUT2D eigenvalue weighted by molar-refractivity contribution is 0.00840. The predicted octanol–water partition coefficient (Wildman–Crippen LogP) is 2.86. The Hall–Kier alpha value is -1.59. The molecule has 2 rings (SSSR count). The molecule has 5 heteroatoms. The first-order valence-electron chi connectivity index (χ1n) is 7.24. The summed E-state index contributed by atoms with van der Waals surface area (Å²) in [5.74, 6) is 1.76. The van der Waals surface area contributed by atoms with E-state index in [1.54, 1.807) is 14.2 Å². The zero-order chi connectivity index (χ0) is 15.5. The summed E-state index contributed by atoms with van der Waals surface area (Å²) in [6.45, 7) is 7.06. The van der Waals surface area contributed by atoms with Crippen molar-refractivity contribution in [3.63, 3.8) is 0 Å². The maximum absolute atomic E-state index is 5.46. The van der Waals surface area contributed by atoms with Gasteiger partial charge in [-0.05, 0) is 39.3 Å². The van der Waals surface area contributed by atoms with Crippen LogP contribution in [0, 0.1) is 0 Å². The van der Waals surface area contributed by atoms with Crippen LogP contribution < -0.4 is 10.1 Å². The van der Waals surface area contributed by atoms with Gasteiger partial charge in [-0.15, -0.1) is 0 Å².